The van der Waals surface area contributed by atoms with Crippen molar-refractivity contribution in [3.63, 3.8) is 0 Å². The number of nitrogens with one attached hydrogen (secondary N) is 1. The van der Waals surface area contributed by atoms with Crippen LogP contribution in [0.25, 0.3) is 5.69 Å². The maximum atomic E-state index is 13.3. The molecule has 0 saturated carbocycles. The fourth-order valence-corrected chi connectivity index (χ4v) is 2.59. The molecular weight excluding hydrogens is 357 g/mol. The lowest BCUT2D eigenvalue weighted by molar-refractivity contribution is -0.137. The van der Waals surface area contributed by atoms with Crippen LogP contribution in [-0.4, -0.2) is 15.7 Å². The topological polar surface area (TPSA) is 70.7 Å². The van der Waals surface area contributed by atoms with Crippen LogP contribution in [0.3, 0.4) is 0 Å². The number of anilines is 1. The number of hydrogen-bond acceptors (Lipinski definition) is 3. The van der Waals surface area contributed by atoms with Crippen molar-refractivity contribution in [3.8, 4) is 11.8 Å². The molecule has 8 heteroatoms. The quantitative estimate of drug-likeness (QED) is 0.746. The second-order valence-electron chi connectivity index (χ2n) is 5.74. The molecule has 1 N–H and O–H groups in total. The van der Waals surface area contributed by atoms with Crippen molar-refractivity contribution >= 4 is 11.7 Å². The molecule has 0 radical (unpaired) electrons. The summed E-state index contributed by atoms with van der Waals surface area (Å²) in [5.74, 6) is -0.464. The summed E-state index contributed by atoms with van der Waals surface area (Å²) < 4.78 is 41.0. The van der Waals surface area contributed by atoms with E-state index in [2.05, 4.69) is 10.4 Å². The Morgan fingerprint density at radius 2 is 1.89 bits per heavy atom. The number of amides is 1. The highest BCUT2D eigenvalue weighted by atomic mass is 19.4. The zero-order valence-electron chi connectivity index (χ0n) is 14.1. The molecule has 0 aliphatic rings. The molecule has 1 heterocycles. The summed E-state index contributed by atoms with van der Waals surface area (Å²) in [6.07, 6.45) is -4.57. The third-order valence-electron chi connectivity index (χ3n) is 3.76. The van der Waals surface area contributed by atoms with Gasteiger partial charge in [-0.25, -0.2) is 4.68 Å². The number of para-hydroxylation sites is 1. The maximum Gasteiger partial charge on any atom is 0.418 e. The molecule has 5 nitrogen and oxygen atoms in total. The first kappa shape index (κ1) is 18.2. The minimum Gasteiger partial charge on any atom is -0.306 e. The lowest BCUT2D eigenvalue weighted by Crippen LogP contribution is -2.17. The normalized spacial score (nSPS) is 11.1. The van der Waals surface area contributed by atoms with Gasteiger partial charge >= 0.3 is 6.18 Å². The molecule has 0 saturated heterocycles. The van der Waals surface area contributed by atoms with Crippen LogP contribution < -0.4 is 5.32 Å². The maximum absolute atomic E-state index is 13.3. The number of nitrogens with zero attached hydrogens (tertiary/aromatic N) is 3. The Bertz CT molecular complexity index is 1050. The molecule has 27 heavy (non-hydrogen) atoms. The average molecular weight is 370 g/mol. The van der Waals surface area contributed by atoms with Gasteiger partial charge in [0.25, 0.3) is 5.91 Å². The molecule has 1 aromatic heterocycles. The first-order valence-corrected chi connectivity index (χ1v) is 7.84. The molecule has 0 atom stereocenters. The number of benzene rings is 2. The number of aryl methyl sites for hydroxylation is 1. The first-order chi connectivity index (χ1) is 12.8. The number of rotatable bonds is 3. The van der Waals surface area contributed by atoms with Crippen LogP contribution in [0.4, 0.5) is 19.0 Å². The number of carbonyl (C=O) groups is 1. The van der Waals surface area contributed by atoms with E-state index in [0.29, 0.717) is 11.3 Å². The van der Waals surface area contributed by atoms with Crippen molar-refractivity contribution in [3.05, 3.63) is 77.0 Å². The number of alkyl halides is 3. The Labute approximate surface area is 152 Å². The summed E-state index contributed by atoms with van der Waals surface area (Å²) in [6.45, 7) is 1.61. The molecule has 3 rings (SSSR count). The molecule has 0 unspecified atom stereocenters. The molecular formula is C19H13F3N4O. The second-order valence-corrected chi connectivity index (χ2v) is 5.74. The van der Waals surface area contributed by atoms with Gasteiger partial charge in [0.15, 0.2) is 0 Å². The van der Waals surface area contributed by atoms with Gasteiger partial charge in [-0.3, -0.25) is 4.79 Å². The molecule has 2 aromatic carbocycles. The first-order valence-electron chi connectivity index (χ1n) is 7.84. The number of aromatic nitrogens is 2. The Balaban J connectivity index is 2.01. The van der Waals surface area contributed by atoms with E-state index in [1.807, 2.05) is 6.07 Å². The molecule has 3 aromatic rings. The third kappa shape index (κ3) is 3.82. The Morgan fingerprint density at radius 1 is 1.15 bits per heavy atom. The minimum absolute atomic E-state index is 0.0940. The van der Waals surface area contributed by atoms with E-state index >= 15 is 0 Å². The van der Waals surface area contributed by atoms with Gasteiger partial charge in [-0.2, -0.15) is 23.5 Å². The summed E-state index contributed by atoms with van der Waals surface area (Å²) in [4.78, 5) is 12.5. The monoisotopic (exact) mass is 370 g/mol. The Morgan fingerprint density at radius 3 is 2.59 bits per heavy atom. The van der Waals surface area contributed by atoms with Gasteiger partial charge in [0.2, 0.25) is 0 Å². The van der Waals surface area contributed by atoms with Crippen LogP contribution in [0, 0.1) is 18.3 Å². The van der Waals surface area contributed by atoms with Crippen LogP contribution in [-0.2, 0) is 6.18 Å². The number of hydrogen-bond donors (Lipinski definition) is 1. The smallest absolute Gasteiger partial charge is 0.306 e. The van der Waals surface area contributed by atoms with Gasteiger partial charge in [-0.1, -0.05) is 18.2 Å². The van der Waals surface area contributed by atoms with Crippen molar-refractivity contribution in [1.29, 1.82) is 5.26 Å². The van der Waals surface area contributed by atoms with Crippen LogP contribution in [0.15, 0.2) is 54.6 Å². The van der Waals surface area contributed by atoms with Crippen molar-refractivity contribution in [2.75, 3.05) is 5.32 Å². The Hall–Kier alpha value is -3.60. The summed E-state index contributed by atoms with van der Waals surface area (Å²) >= 11 is 0. The van der Waals surface area contributed by atoms with Gasteiger partial charge in [0.1, 0.15) is 5.82 Å². The highest BCUT2D eigenvalue weighted by Crippen LogP contribution is 2.34. The largest absolute Gasteiger partial charge is 0.418 e. The van der Waals surface area contributed by atoms with Crippen LogP contribution >= 0.6 is 0 Å². The summed E-state index contributed by atoms with van der Waals surface area (Å²) in [5.41, 5.74) is -0.111. The average Bonchev–Trinajstić information content (AvgIpc) is 3.01. The third-order valence-corrected chi connectivity index (χ3v) is 3.76. The number of halogens is 3. The van der Waals surface area contributed by atoms with Crippen molar-refractivity contribution < 1.29 is 18.0 Å². The molecule has 0 aliphatic carbocycles. The molecule has 0 spiro atoms. The summed E-state index contributed by atoms with van der Waals surface area (Å²) in [5, 5.41) is 15.6. The van der Waals surface area contributed by atoms with Gasteiger partial charge < -0.3 is 5.32 Å². The molecule has 0 fully saturated rings. The Kier molecular flexibility index (Phi) is 4.69. The zero-order valence-corrected chi connectivity index (χ0v) is 14.1. The molecule has 136 valence electrons. The number of nitriles is 1. The van der Waals surface area contributed by atoms with Gasteiger partial charge in [-0.15, -0.1) is 0 Å². The van der Waals surface area contributed by atoms with Crippen LogP contribution in [0.2, 0.25) is 0 Å². The predicted octanol–water partition coefficient (Wildman–Crippen LogP) is 4.32. The van der Waals surface area contributed by atoms with E-state index in [0.717, 1.165) is 10.7 Å². The van der Waals surface area contributed by atoms with Gasteiger partial charge in [-0.05, 0) is 37.3 Å². The van der Waals surface area contributed by atoms with Crippen molar-refractivity contribution in [2.24, 2.45) is 0 Å². The van der Waals surface area contributed by atoms with E-state index in [-0.39, 0.29) is 17.1 Å². The fraction of sp³-hybridized carbons (Fsp3) is 0.105. The van der Waals surface area contributed by atoms with E-state index in [4.69, 9.17) is 5.26 Å². The lowest BCUT2D eigenvalue weighted by Gasteiger charge is -2.15. The van der Waals surface area contributed by atoms with Crippen molar-refractivity contribution in [1.82, 2.24) is 9.78 Å². The van der Waals surface area contributed by atoms with Crippen LogP contribution in [0.1, 0.15) is 27.2 Å². The second kappa shape index (κ2) is 6.96. The number of carbonyl (C=O) groups excluding carboxylic acids is 1. The highest BCUT2D eigenvalue weighted by Gasteiger charge is 2.34. The SMILES string of the molecule is Cc1cc(NC(=O)c2cccc(C#N)c2)n(-c2ccccc2C(F)(F)F)n1. The zero-order chi connectivity index (χ0) is 19.6. The van der Waals surface area contributed by atoms with Gasteiger partial charge in [0.05, 0.1) is 28.6 Å². The van der Waals surface area contributed by atoms with Crippen molar-refractivity contribution in [2.45, 2.75) is 13.1 Å². The molecule has 0 aliphatic heterocycles. The van der Waals surface area contributed by atoms with E-state index in [1.165, 1.54) is 36.4 Å². The molecule has 0 bridgehead atoms. The minimum atomic E-state index is -4.57. The standard InChI is InChI=1S/C19H13F3N4O/c1-12-9-17(24-18(27)14-6-4-5-13(10-14)11-23)26(25-12)16-8-3-2-7-15(16)19(20,21)22/h2-10H,1H3,(H,24,27). The van der Waals surface area contributed by atoms with E-state index in [1.54, 1.807) is 19.1 Å². The molecule has 1 amide bonds. The summed E-state index contributed by atoms with van der Waals surface area (Å²) in [7, 11) is 0. The fourth-order valence-electron chi connectivity index (χ4n) is 2.59. The van der Waals surface area contributed by atoms with E-state index < -0.39 is 17.6 Å². The lowest BCUT2D eigenvalue weighted by atomic mass is 10.1. The summed E-state index contributed by atoms with van der Waals surface area (Å²) in [6, 6.07) is 14.4. The van der Waals surface area contributed by atoms with Gasteiger partial charge in [0, 0.05) is 11.6 Å². The van der Waals surface area contributed by atoms with E-state index in [9.17, 15) is 18.0 Å². The predicted molar refractivity (Wildman–Crippen MR) is 92.4 cm³/mol. The van der Waals surface area contributed by atoms with Crippen LogP contribution in [0.5, 0.6) is 0 Å². The highest BCUT2D eigenvalue weighted by molar-refractivity contribution is 6.04.